The van der Waals surface area contributed by atoms with E-state index in [9.17, 15) is 14.4 Å². The summed E-state index contributed by atoms with van der Waals surface area (Å²) >= 11 is 0. The summed E-state index contributed by atoms with van der Waals surface area (Å²) in [6.07, 6.45) is 39.8. The van der Waals surface area contributed by atoms with Crippen LogP contribution in [0.5, 0.6) is 0 Å². The van der Waals surface area contributed by atoms with Gasteiger partial charge in [0.2, 0.25) is 0 Å². The zero-order chi connectivity index (χ0) is 37.7. The monoisotopic (exact) mass is 720 g/mol. The van der Waals surface area contributed by atoms with Gasteiger partial charge in [-0.25, -0.2) is 4.79 Å². The number of ether oxygens (including phenoxy) is 3. The summed E-state index contributed by atoms with van der Waals surface area (Å²) in [6, 6.07) is 0. The highest BCUT2D eigenvalue weighted by molar-refractivity contribution is 5.71. The number of carbonyl (C=O) groups is 3. The summed E-state index contributed by atoms with van der Waals surface area (Å²) in [5.41, 5.74) is -0.642. The summed E-state index contributed by atoms with van der Waals surface area (Å²) in [7, 11) is 0. The van der Waals surface area contributed by atoms with Crippen LogP contribution in [0.3, 0.4) is 0 Å². The van der Waals surface area contributed by atoms with Crippen molar-refractivity contribution in [1.82, 2.24) is 5.32 Å². The highest BCUT2D eigenvalue weighted by atomic mass is 16.6. The van der Waals surface area contributed by atoms with Gasteiger partial charge in [-0.05, 0) is 85.0 Å². The predicted molar refractivity (Wildman–Crippen MR) is 214 cm³/mol. The first-order chi connectivity index (χ1) is 24.7. The molecule has 0 aromatic heterocycles. The van der Waals surface area contributed by atoms with Gasteiger partial charge in [0, 0.05) is 12.8 Å². The van der Waals surface area contributed by atoms with Gasteiger partial charge in [0.15, 0.2) is 6.10 Å². The SMILES string of the molecule is CCCCCCCC/C=C/CCCCCCCC(=O)OC[C@H](CNC(=O)OC(C)(C)C)OC(=O)CCCCCCC/C=C/CCCCCCCC. The van der Waals surface area contributed by atoms with E-state index in [2.05, 4.69) is 43.5 Å². The second-order valence-electron chi connectivity index (χ2n) is 15.3. The number of hydrogen-bond donors (Lipinski definition) is 1. The number of unbranched alkanes of at least 4 members (excludes halogenated alkanes) is 22. The molecule has 0 aliphatic carbocycles. The zero-order valence-corrected chi connectivity index (χ0v) is 34.0. The third-order valence-corrected chi connectivity index (χ3v) is 8.89. The third kappa shape index (κ3) is 38.7. The predicted octanol–water partition coefficient (Wildman–Crippen LogP) is 13.0. The van der Waals surface area contributed by atoms with Gasteiger partial charge in [-0.15, -0.1) is 0 Å². The van der Waals surface area contributed by atoms with Crippen LogP contribution >= 0.6 is 0 Å². The number of hydrogen-bond acceptors (Lipinski definition) is 6. The van der Waals surface area contributed by atoms with E-state index in [1.807, 2.05) is 0 Å². The molecule has 0 fully saturated rings. The van der Waals surface area contributed by atoms with Crippen LogP contribution in [0.15, 0.2) is 24.3 Å². The lowest BCUT2D eigenvalue weighted by Crippen LogP contribution is -2.40. The van der Waals surface area contributed by atoms with Crippen molar-refractivity contribution >= 4 is 18.0 Å². The molecule has 1 N–H and O–H groups in total. The van der Waals surface area contributed by atoms with E-state index < -0.39 is 17.8 Å². The Morgan fingerprint density at radius 1 is 0.529 bits per heavy atom. The van der Waals surface area contributed by atoms with E-state index in [-0.39, 0.29) is 25.1 Å². The summed E-state index contributed by atoms with van der Waals surface area (Å²) in [5, 5.41) is 2.65. The maximum atomic E-state index is 12.6. The first-order valence-corrected chi connectivity index (χ1v) is 21.3. The molecule has 0 aromatic carbocycles. The molecule has 51 heavy (non-hydrogen) atoms. The molecule has 1 amide bonds. The number of rotatable bonds is 35. The van der Waals surface area contributed by atoms with Crippen LogP contribution in [-0.2, 0) is 23.8 Å². The molecule has 0 unspecified atom stereocenters. The normalized spacial score (nSPS) is 12.4. The summed E-state index contributed by atoms with van der Waals surface area (Å²) < 4.78 is 16.4. The Labute approximate surface area is 314 Å². The molecule has 7 nitrogen and oxygen atoms in total. The first kappa shape index (κ1) is 48.7. The Morgan fingerprint density at radius 3 is 1.31 bits per heavy atom. The van der Waals surface area contributed by atoms with Crippen molar-refractivity contribution < 1.29 is 28.6 Å². The molecule has 0 aromatic rings. The minimum atomic E-state index is -0.758. The molecule has 1 atom stereocenters. The van der Waals surface area contributed by atoms with Crippen molar-refractivity contribution in [2.24, 2.45) is 0 Å². The largest absolute Gasteiger partial charge is 0.462 e. The van der Waals surface area contributed by atoms with E-state index in [1.165, 1.54) is 109 Å². The molecule has 0 rings (SSSR count). The molecule has 0 aliphatic rings. The molecule has 0 saturated carbocycles. The molecule has 0 radical (unpaired) electrons. The smallest absolute Gasteiger partial charge is 0.407 e. The highest BCUT2D eigenvalue weighted by Crippen LogP contribution is 2.13. The lowest BCUT2D eigenvalue weighted by atomic mass is 10.1. The molecule has 298 valence electrons. The quantitative estimate of drug-likeness (QED) is 0.0303. The standard InChI is InChI=1S/C44H81NO6/c1-6-8-10-12-14-16-18-20-22-24-26-28-30-32-34-36-41(46)49-39-40(38-45-43(48)51-44(3,4)5)50-42(47)37-35-33-31-29-27-25-23-21-19-17-15-13-11-9-7-2/h20-23,40H,6-19,24-39H2,1-5H3,(H,45,48)/b22-20+,23-21+/t40-/m0/s1. The molecular weight excluding hydrogens is 638 g/mol. The van der Waals surface area contributed by atoms with E-state index >= 15 is 0 Å². The molecular formula is C44H81NO6. The van der Waals surface area contributed by atoms with Gasteiger partial charge >= 0.3 is 18.0 Å². The molecule has 0 heterocycles. The summed E-state index contributed by atoms with van der Waals surface area (Å²) in [4.78, 5) is 37.2. The third-order valence-electron chi connectivity index (χ3n) is 8.89. The first-order valence-electron chi connectivity index (χ1n) is 21.3. The number of alkyl carbamates (subject to hydrolysis) is 1. The van der Waals surface area contributed by atoms with Crippen molar-refractivity contribution in [3.63, 3.8) is 0 Å². The Morgan fingerprint density at radius 2 is 0.902 bits per heavy atom. The Kier molecular flexibility index (Phi) is 34.4. The van der Waals surface area contributed by atoms with E-state index in [0.29, 0.717) is 12.8 Å². The number of allylic oxidation sites excluding steroid dienone is 4. The average molecular weight is 720 g/mol. The molecule has 0 saturated heterocycles. The number of amides is 1. The van der Waals surface area contributed by atoms with Crippen LogP contribution in [0.1, 0.15) is 214 Å². The second-order valence-corrected chi connectivity index (χ2v) is 15.3. The van der Waals surface area contributed by atoms with Gasteiger partial charge in [-0.1, -0.05) is 141 Å². The molecule has 0 bridgehead atoms. The summed E-state index contributed by atoms with van der Waals surface area (Å²) in [6.45, 7) is 9.81. The Balaban J connectivity index is 4.18. The van der Waals surface area contributed by atoms with Gasteiger partial charge in [0.1, 0.15) is 12.2 Å². The van der Waals surface area contributed by atoms with Crippen molar-refractivity contribution in [3.8, 4) is 0 Å². The van der Waals surface area contributed by atoms with Gasteiger partial charge in [0.25, 0.3) is 0 Å². The van der Waals surface area contributed by atoms with Gasteiger partial charge in [-0.3, -0.25) is 9.59 Å². The lowest BCUT2D eigenvalue weighted by Gasteiger charge is -2.22. The maximum absolute atomic E-state index is 12.6. The molecule has 0 aliphatic heterocycles. The van der Waals surface area contributed by atoms with Crippen molar-refractivity contribution in [3.05, 3.63) is 24.3 Å². The Bertz CT molecular complexity index is 877. The fourth-order valence-electron chi connectivity index (χ4n) is 5.83. The van der Waals surface area contributed by atoms with Gasteiger partial charge in [-0.2, -0.15) is 0 Å². The lowest BCUT2D eigenvalue weighted by molar-refractivity contribution is -0.159. The average Bonchev–Trinajstić information content (AvgIpc) is 3.08. The van der Waals surface area contributed by atoms with Crippen LogP contribution in [-0.4, -0.2) is 42.9 Å². The van der Waals surface area contributed by atoms with Crippen LogP contribution in [0.25, 0.3) is 0 Å². The van der Waals surface area contributed by atoms with Crippen LogP contribution in [0.2, 0.25) is 0 Å². The van der Waals surface area contributed by atoms with Gasteiger partial charge in [0.05, 0.1) is 6.54 Å². The number of nitrogens with one attached hydrogen (secondary N) is 1. The summed E-state index contributed by atoms with van der Waals surface area (Å²) in [5.74, 6) is -0.639. The molecule has 7 heteroatoms. The van der Waals surface area contributed by atoms with Crippen molar-refractivity contribution in [1.29, 1.82) is 0 Å². The number of esters is 2. The van der Waals surface area contributed by atoms with Crippen LogP contribution < -0.4 is 5.32 Å². The molecule has 0 spiro atoms. The van der Waals surface area contributed by atoms with E-state index in [1.54, 1.807) is 20.8 Å². The maximum Gasteiger partial charge on any atom is 0.407 e. The van der Waals surface area contributed by atoms with Crippen LogP contribution in [0, 0.1) is 0 Å². The topological polar surface area (TPSA) is 90.9 Å². The zero-order valence-electron chi connectivity index (χ0n) is 34.0. The second kappa shape index (κ2) is 36.1. The fourth-order valence-corrected chi connectivity index (χ4v) is 5.83. The minimum Gasteiger partial charge on any atom is -0.462 e. The van der Waals surface area contributed by atoms with Gasteiger partial charge < -0.3 is 19.5 Å². The van der Waals surface area contributed by atoms with E-state index in [0.717, 1.165) is 57.8 Å². The Hall–Kier alpha value is -2.31. The van der Waals surface area contributed by atoms with Crippen LogP contribution in [0.4, 0.5) is 4.79 Å². The highest BCUT2D eigenvalue weighted by Gasteiger charge is 2.21. The van der Waals surface area contributed by atoms with Crippen molar-refractivity contribution in [2.75, 3.05) is 13.2 Å². The fraction of sp³-hybridized carbons (Fsp3) is 0.841. The van der Waals surface area contributed by atoms with E-state index in [4.69, 9.17) is 14.2 Å². The minimum absolute atomic E-state index is 0.0215. The number of carbonyl (C=O) groups excluding carboxylic acids is 3. The van der Waals surface area contributed by atoms with Crippen molar-refractivity contribution in [2.45, 2.75) is 226 Å².